The van der Waals surface area contributed by atoms with E-state index in [0.29, 0.717) is 5.41 Å². The minimum atomic E-state index is 0.556. The molecule has 116 valence electrons. The summed E-state index contributed by atoms with van der Waals surface area (Å²) in [5.41, 5.74) is 0.556. The Hall–Kier alpha value is -0.120. The van der Waals surface area contributed by atoms with Crippen LogP contribution in [0.4, 0.5) is 0 Å². The van der Waals surface area contributed by atoms with Gasteiger partial charge in [0.2, 0.25) is 0 Å². The highest BCUT2D eigenvalue weighted by atomic mass is 15.3. The second-order valence-corrected chi connectivity index (χ2v) is 7.90. The molecule has 0 aromatic carbocycles. The van der Waals surface area contributed by atoms with Crippen LogP contribution in [0.1, 0.15) is 46.0 Å². The van der Waals surface area contributed by atoms with Gasteiger partial charge in [-0.25, -0.2) is 0 Å². The van der Waals surface area contributed by atoms with Crippen LogP contribution in [0.2, 0.25) is 0 Å². The Kier molecular flexibility index (Phi) is 4.40. The van der Waals surface area contributed by atoms with E-state index in [1.54, 1.807) is 0 Å². The van der Waals surface area contributed by atoms with E-state index in [0.717, 1.165) is 12.1 Å². The first-order valence-electron chi connectivity index (χ1n) is 8.76. The normalized spacial score (nSPS) is 36.1. The molecule has 2 unspecified atom stereocenters. The van der Waals surface area contributed by atoms with Gasteiger partial charge in [-0.3, -0.25) is 9.80 Å². The molecule has 0 amide bonds. The quantitative estimate of drug-likeness (QED) is 0.785. The molecule has 3 heterocycles. The predicted octanol–water partition coefficient (Wildman–Crippen LogP) is 2.28. The van der Waals surface area contributed by atoms with Gasteiger partial charge in [0, 0.05) is 31.7 Å². The number of nitrogens with zero attached hydrogens (tertiary/aromatic N) is 3. The van der Waals surface area contributed by atoms with Crippen molar-refractivity contribution in [2.75, 3.05) is 46.3 Å². The lowest BCUT2D eigenvalue weighted by Crippen LogP contribution is -2.58. The molecular weight excluding hydrogens is 246 g/mol. The molecule has 0 bridgehead atoms. The van der Waals surface area contributed by atoms with Crippen molar-refractivity contribution < 1.29 is 0 Å². The summed E-state index contributed by atoms with van der Waals surface area (Å²) in [6, 6.07) is 1.67. The summed E-state index contributed by atoms with van der Waals surface area (Å²) in [6.07, 6.45) is 6.94. The molecule has 20 heavy (non-hydrogen) atoms. The fraction of sp³-hybridized carbons (Fsp3) is 1.00. The summed E-state index contributed by atoms with van der Waals surface area (Å²) < 4.78 is 0. The number of rotatable bonds is 3. The zero-order valence-electron chi connectivity index (χ0n) is 13.8. The van der Waals surface area contributed by atoms with E-state index < -0.39 is 0 Å². The largest absolute Gasteiger partial charge is 0.306 e. The lowest BCUT2D eigenvalue weighted by atomic mass is 9.79. The van der Waals surface area contributed by atoms with E-state index in [1.807, 2.05) is 0 Å². The third kappa shape index (κ3) is 3.05. The fourth-order valence-electron chi connectivity index (χ4n) is 4.54. The van der Waals surface area contributed by atoms with Gasteiger partial charge in [0.15, 0.2) is 0 Å². The van der Waals surface area contributed by atoms with E-state index in [-0.39, 0.29) is 0 Å². The van der Waals surface area contributed by atoms with Crippen molar-refractivity contribution in [3.05, 3.63) is 0 Å². The summed E-state index contributed by atoms with van der Waals surface area (Å²) in [4.78, 5) is 8.12. The van der Waals surface area contributed by atoms with Gasteiger partial charge in [0.05, 0.1) is 0 Å². The molecule has 3 fully saturated rings. The van der Waals surface area contributed by atoms with Crippen molar-refractivity contribution in [1.82, 2.24) is 14.7 Å². The van der Waals surface area contributed by atoms with Crippen molar-refractivity contribution in [2.45, 2.75) is 58.0 Å². The van der Waals surface area contributed by atoms with Crippen LogP contribution < -0.4 is 0 Å². The lowest BCUT2D eigenvalue weighted by molar-refractivity contribution is 0.00398. The second kappa shape index (κ2) is 5.94. The van der Waals surface area contributed by atoms with Crippen LogP contribution in [0, 0.1) is 5.41 Å². The molecule has 0 saturated carbocycles. The summed E-state index contributed by atoms with van der Waals surface area (Å²) in [5, 5.41) is 0. The molecule has 0 aromatic rings. The summed E-state index contributed by atoms with van der Waals surface area (Å²) in [5.74, 6) is 0. The van der Waals surface area contributed by atoms with E-state index >= 15 is 0 Å². The molecular formula is C17H33N3. The van der Waals surface area contributed by atoms with E-state index in [9.17, 15) is 0 Å². The molecule has 2 atom stereocenters. The Labute approximate surface area is 125 Å². The first-order valence-corrected chi connectivity index (χ1v) is 8.76. The predicted molar refractivity (Wildman–Crippen MR) is 85.1 cm³/mol. The van der Waals surface area contributed by atoms with Crippen molar-refractivity contribution >= 4 is 0 Å². The molecule has 0 spiro atoms. The van der Waals surface area contributed by atoms with Crippen LogP contribution in [0.5, 0.6) is 0 Å². The maximum Gasteiger partial charge on any atom is 0.0224 e. The Morgan fingerprint density at radius 3 is 2.55 bits per heavy atom. The summed E-state index contributed by atoms with van der Waals surface area (Å²) >= 11 is 0. The van der Waals surface area contributed by atoms with Crippen LogP contribution in [0.15, 0.2) is 0 Å². The zero-order chi connectivity index (χ0) is 14.2. The zero-order valence-corrected chi connectivity index (χ0v) is 13.8. The molecule has 0 radical (unpaired) electrons. The van der Waals surface area contributed by atoms with Gasteiger partial charge in [-0.1, -0.05) is 13.8 Å². The topological polar surface area (TPSA) is 9.72 Å². The average molecular weight is 279 g/mol. The number of piperidine rings is 1. The molecule has 3 rings (SSSR count). The van der Waals surface area contributed by atoms with Gasteiger partial charge in [0.25, 0.3) is 0 Å². The van der Waals surface area contributed by atoms with Gasteiger partial charge in [-0.15, -0.1) is 0 Å². The van der Waals surface area contributed by atoms with Gasteiger partial charge < -0.3 is 4.90 Å². The maximum absolute atomic E-state index is 2.86. The smallest absolute Gasteiger partial charge is 0.0224 e. The van der Waals surface area contributed by atoms with Crippen molar-refractivity contribution in [3.63, 3.8) is 0 Å². The van der Waals surface area contributed by atoms with Gasteiger partial charge in [-0.05, 0) is 64.2 Å². The van der Waals surface area contributed by atoms with Crippen LogP contribution in [0.3, 0.4) is 0 Å². The molecule has 3 aliphatic rings. The Balaban J connectivity index is 1.62. The van der Waals surface area contributed by atoms with E-state index in [1.165, 1.54) is 71.4 Å². The highest BCUT2D eigenvalue weighted by molar-refractivity contribution is 4.94. The highest BCUT2D eigenvalue weighted by Crippen LogP contribution is 2.34. The first kappa shape index (κ1) is 14.8. The molecule has 3 saturated heterocycles. The van der Waals surface area contributed by atoms with Gasteiger partial charge in [-0.2, -0.15) is 0 Å². The molecule has 3 heteroatoms. The maximum atomic E-state index is 2.86. The van der Waals surface area contributed by atoms with Gasteiger partial charge in [0.1, 0.15) is 0 Å². The molecule has 0 aliphatic carbocycles. The third-order valence-corrected chi connectivity index (χ3v) is 6.16. The highest BCUT2D eigenvalue weighted by Gasteiger charge is 2.39. The third-order valence-electron chi connectivity index (χ3n) is 6.16. The summed E-state index contributed by atoms with van der Waals surface area (Å²) in [6.45, 7) is 12.9. The number of hydrogen-bond donors (Lipinski definition) is 0. The number of likely N-dealkylation sites (tertiary alicyclic amines) is 1. The van der Waals surface area contributed by atoms with Crippen LogP contribution in [0.25, 0.3) is 0 Å². The molecule has 3 aliphatic heterocycles. The molecule has 0 N–H and O–H groups in total. The van der Waals surface area contributed by atoms with Crippen molar-refractivity contribution in [1.29, 1.82) is 0 Å². The average Bonchev–Trinajstić information content (AvgIpc) is 2.88. The number of piperazine rings is 1. The van der Waals surface area contributed by atoms with Gasteiger partial charge >= 0.3 is 0 Å². The summed E-state index contributed by atoms with van der Waals surface area (Å²) in [7, 11) is 2.27. The minimum Gasteiger partial charge on any atom is -0.306 e. The van der Waals surface area contributed by atoms with Crippen LogP contribution in [-0.2, 0) is 0 Å². The number of hydrogen-bond acceptors (Lipinski definition) is 3. The van der Waals surface area contributed by atoms with Crippen molar-refractivity contribution in [3.8, 4) is 0 Å². The Bertz CT molecular complexity index is 322. The minimum absolute atomic E-state index is 0.556. The standard InChI is InChI=1S/C17H33N3/c1-4-15-12-19-9-5-6-16(19)13-20(15)14-17(2)7-10-18(3)11-8-17/h15-16H,4-14H2,1-3H3. The monoisotopic (exact) mass is 279 g/mol. The van der Waals surface area contributed by atoms with E-state index in [4.69, 9.17) is 0 Å². The Morgan fingerprint density at radius 2 is 1.85 bits per heavy atom. The van der Waals surface area contributed by atoms with Crippen LogP contribution in [-0.4, -0.2) is 73.1 Å². The van der Waals surface area contributed by atoms with Crippen molar-refractivity contribution in [2.24, 2.45) is 5.41 Å². The first-order chi connectivity index (χ1) is 9.59. The van der Waals surface area contributed by atoms with Crippen LogP contribution >= 0.6 is 0 Å². The van der Waals surface area contributed by atoms with E-state index in [2.05, 4.69) is 35.6 Å². The molecule has 0 aromatic heterocycles. The molecule has 3 nitrogen and oxygen atoms in total. The lowest BCUT2D eigenvalue weighted by Gasteiger charge is -2.48. The fourth-order valence-corrected chi connectivity index (χ4v) is 4.54. The second-order valence-electron chi connectivity index (χ2n) is 7.90. The number of fused-ring (bicyclic) bond motifs is 1. The Morgan fingerprint density at radius 1 is 1.10 bits per heavy atom. The SMILES string of the molecule is CCC1CN2CCCC2CN1CC1(C)CCN(C)CC1.